The van der Waals surface area contributed by atoms with Crippen molar-refractivity contribution < 1.29 is 0 Å². The lowest BCUT2D eigenvalue weighted by molar-refractivity contribution is 0.448. The molecule has 2 aromatic heterocycles. The van der Waals surface area contributed by atoms with E-state index in [1.165, 1.54) is 35.9 Å². The van der Waals surface area contributed by atoms with Gasteiger partial charge < -0.3 is 10.2 Å². The summed E-state index contributed by atoms with van der Waals surface area (Å²) in [4.78, 5) is 14.3. The fraction of sp³-hybridized carbons (Fsp3) is 0.600. The van der Waals surface area contributed by atoms with Gasteiger partial charge in [-0.25, -0.2) is 4.98 Å². The highest BCUT2D eigenvalue weighted by atomic mass is 32.1. The molecule has 0 radical (unpaired) electrons. The molecule has 0 amide bonds. The highest BCUT2D eigenvalue weighted by molar-refractivity contribution is 7.18. The number of anilines is 2. The Morgan fingerprint density at radius 1 is 1.40 bits per heavy atom. The molecule has 1 aliphatic heterocycles. The van der Waals surface area contributed by atoms with E-state index in [0.717, 1.165) is 23.1 Å². The molecule has 4 nitrogen and oxygen atoms in total. The first kappa shape index (κ1) is 13.6. The Labute approximate surface area is 124 Å². The van der Waals surface area contributed by atoms with Crippen LogP contribution in [0.15, 0.2) is 6.07 Å². The first-order valence-corrected chi connectivity index (χ1v) is 8.27. The van der Waals surface area contributed by atoms with E-state index in [0.29, 0.717) is 6.04 Å². The van der Waals surface area contributed by atoms with Crippen LogP contribution in [0.25, 0.3) is 10.2 Å². The van der Waals surface area contributed by atoms with Gasteiger partial charge in [-0.2, -0.15) is 4.98 Å². The largest absolute Gasteiger partial charge is 0.357 e. The quantitative estimate of drug-likeness (QED) is 0.933. The van der Waals surface area contributed by atoms with Crippen molar-refractivity contribution in [2.45, 2.75) is 45.6 Å². The molecule has 3 rings (SSSR count). The Balaban J connectivity index is 2.12. The molecule has 5 heteroatoms. The van der Waals surface area contributed by atoms with Crippen molar-refractivity contribution in [2.75, 3.05) is 23.8 Å². The van der Waals surface area contributed by atoms with E-state index in [2.05, 4.69) is 35.1 Å². The molecule has 0 spiro atoms. The first-order chi connectivity index (χ1) is 9.72. The van der Waals surface area contributed by atoms with Gasteiger partial charge >= 0.3 is 0 Å². The maximum atomic E-state index is 4.76. The number of piperidine rings is 1. The Bertz CT molecular complexity index is 607. The second-order valence-electron chi connectivity index (χ2n) is 5.45. The second-order valence-corrected chi connectivity index (χ2v) is 6.68. The van der Waals surface area contributed by atoms with Crippen molar-refractivity contribution in [3.63, 3.8) is 0 Å². The fourth-order valence-corrected chi connectivity index (χ4v) is 3.94. The molecule has 3 heterocycles. The summed E-state index contributed by atoms with van der Waals surface area (Å²) in [5.41, 5.74) is 0. The topological polar surface area (TPSA) is 41.1 Å². The zero-order valence-electron chi connectivity index (χ0n) is 12.4. The minimum absolute atomic E-state index is 0.617. The summed E-state index contributed by atoms with van der Waals surface area (Å²) < 4.78 is 0. The highest BCUT2D eigenvalue weighted by Gasteiger charge is 2.25. The van der Waals surface area contributed by atoms with Gasteiger partial charge in [0, 0.05) is 24.5 Å². The van der Waals surface area contributed by atoms with Crippen LogP contribution in [-0.2, 0) is 0 Å². The van der Waals surface area contributed by atoms with Crippen LogP contribution in [0.2, 0.25) is 0 Å². The van der Waals surface area contributed by atoms with Crippen molar-refractivity contribution in [2.24, 2.45) is 0 Å². The van der Waals surface area contributed by atoms with E-state index >= 15 is 0 Å². The van der Waals surface area contributed by atoms with Crippen molar-refractivity contribution >= 4 is 33.3 Å². The van der Waals surface area contributed by atoms with Gasteiger partial charge in [0.2, 0.25) is 5.95 Å². The summed E-state index contributed by atoms with van der Waals surface area (Å²) in [6, 6.07) is 2.85. The average Bonchev–Trinajstić information content (AvgIpc) is 2.86. The van der Waals surface area contributed by atoms with Crippen LogP contribution in [0.4, 0.5) is 11.8 Å². The van der Waals surface area contributed by atoms with Crippen LogP contribution in [0.5, 0.6) is 0 Å². The summed E-state index contributed by atoms with van der Waals surface area (Å²) >= 11 is 1.75. The minimum Gasteiger partial charge on any atom is -0.357 e. The molecule has 0 saturated carbocycles. The lowest BCUT2D eigenvalue weighted by atomic mass is 10.00. The number of aryl methyl sites for hydroxylation is 1. The van der Waals surface area contributed by atoms with Gasteiger partial charge in [0.05, 0.1) is 5.39 Å². The Hall–Kier alpha value is -1.36. The van der Waals surface area contributed by atoms with E-state index < -0.39 is 0 Å². The maximum absolute atomic E-state index is 4.76. The third-order valence-corrected chi connectivity index (χ3v) is 5.03. The molecule has 1 atom stereocenters. The molecule has 0 aliphatic carbocycles. The zero-order valence-corrected chi connectivity index (χ0v) is 13.3. The molecule has 1 fully saturated rings. The monoisotopic (exact) mass is 290 g/mol. The van der Waals surface area contributed by atoms with Crippen LogP contribution < -0.4 is 10.2 Å². The molecule has 20 heavy (non-hydrogen) atoms. The molecule has 0 aromatic carbocycles. The number of rotatable bonds is 3. The van der Waals surface area contributed by atoms with E-state index in [-0.39, 0.29) is 0 Å². The number of nitrogens with one attached hydrogen (secondary N) is 1. The zero-order chi connectivity index (χ0) is 14.1. The van der Waals surface area contributed by atoms with Crippen LogP contribution in [-0.4, -0.2) is 29.6 Å². The van der Waals surface area contributed by atoms with Crippen LogP contribution in [0.3, 0.4) is 0 Å². The SMILES string of the molecule is CCC1CCCCN1c1nc(NC)nc2sc(C)cc12. The van der Waals surface area contributed by atoms with Crippen molar-refractivity contribution in [1.82, 2.24) is 9.97 Å². The number of thiophene rings is 1. The van der Waals surface area contributed by atoms with Gasteiger partial charge in [0.1, 0.15) is 10.6 Å². The van der Waals surface area contributed by atoms with Crippen LogP contribution in [0.1, 0.15) is 37.5 Å². The number of fused-ring (bicyclic) bond motifs is 1. The van der Waals surface area contributed by atoms with E-state index in [4.69, 9.17) is 4.98 Å². The van der Waals surface area contributed by atoms with Crippen molar-refractivity contribution in [1.29, 1.82) is 0 Å². The molecular formula is C15H22N4S. The molecule has 0 bridgehead atoms. The lowest BCUT2D eigenvalue weighted by Crippen LogP contribution is -2.39. The van der Waals surface area contributed by atoms with Crippen molar-refractivity contribution in [3.05, 3.63) is 10.9 Å². The molecule has 1 N–H and O–H groups in total. The predicted octanol–water partition coefficient (Wildman–Crippen LogP) is 3.81. The first-order valence-electron chi connectivity index (χ1n) is 7.45. The average molecular weight is 290 g/mol. The van der Waals surface area contributed by atoms with Crippen LogP contribution >= 0.6 is 11.3 Å². The van der Waals surface area contributed by atoms with Gasteiger partial charge in [-0.05, 0) is 38.7 Å². The smallest absolute Gasteiger partial charge is 0.225 e. The Morgan fingerprint density at radius 2 is 2.25 bits per heavy atom. The third kappa shape index (κ3) is 2.35. The van der Waals surface area contributed by atoms with Gasteiger partial charge in [-0.15, -0.1) is 11.3 Å². The molecule has 2 aromatic rings. The number of aromatic nitrogens is 2. The molecular weight excluding hydrogens is 268 g/mol. The number of hydrogen-bond acceptors (Lipinski definition) is 5. The van der Waals surface area contributed by atoms with Gasteiger partial charge in [0.15, 0.2) is 0 Å². The van der Waals surface area contributed by atoms with Gasteiger partial charge in [-0.3, -0.25) is 0 Å². The summed E-state index contributed by atoms with van der Waals surface area (Å²) in [5.74, 6) is 1.85. The predicted molar refractivity (Wildman–Crippen MR) is 87.0 cm³/mol. The minimum atomic E-state index is 0.617. The van der Waals surface area contributed by atoms with Crippen molar-refractivity contribution in [3.8, 4) is 0 Å². The molecule has 1 aliphatic rings. The van der Waals surface area contributed by atoms with Gasteiger partial charge in [-0.1, -0.05) is 6.92 Å². The number of nitrogens with zero attached hydrogens (tertiary/aromatic N) is 3. The molecule has 1 saturated heterocycles. The van der Waals surface area contributed by atoms with E-state index in [1.807, 2.05) is 7.05 Å². The summed E-state index contributed by atoms with van der Waals surface area (Å²) in [6.45, 7) is 5.53. The van der Waals surface area contributed by atoms with E-state index in [1.54, 1.807) is 11.3 Å². The standard InChI is InChI=1S/C15H22N4S/c1-4-11-7-5-6-8-19(11)13-12-9-10(2)20-14(12)18-15(16-3)17-13/h9,11H,4-8H2,1-3H3,(H,16,17,18). The highest BCUT2D eigenvalue weighted by Crippen LogP contribution is 2.35. The summed E-state index contributed by atoms with van der Waals surface area (Å²) in [6.07, 6.45) is 5.06. The molecule has 108 valence electrons. The summed E-state index contributed by atoms with van der Waals surface area (Å²) in [7, 11) is 1.89. The Kier molecular flexibility index (Phi) is 3.78. The fourth-order valence-electron chi connectivity index (χ4n) is 3.06. The maximum Gasteiger partial charge on any atom is 0.225 e. The van der Waals surface area contributed by atoms with E-state index in [9.17, 15) is 0 Å². The summed E-state index contributed by atoms with van der Waals surface area (Å²) in [5, 5.41) is 4.31. The lowest BCUT2D eigenvalue weighted by Gasteiger charge is -2.36. The second kappa shape index (κ2) is 5.56. The molecule has 1 unspecified atom stereocenters. The number of hydrogen-bond donors (Lipinski definition) is 1. The normalized spacial score (nSPS) is 19.6. The Morgan fingerprint density at radius 3 is 3.00 bits per heavy atom. The van der Waals surface area contributed by atoms with Crippen LogP contribution in [0, 0.1) is 6.92 Å². The van der Waals surface area contributed by atoms with Gasteiger partial charge in [0.25, 0.3) is 0 Å². The third-order valence-electron chi connectivity index (χ3n) is 4.09.